The number of pyridine rings is 2. The minimum Gasteiger partial charge on any atom is -0.466 e. The van der Waals surface area contributed by atoms with Gasteiger partial charge in [-0.1, -0.05) is 5.21 Å². The summed E-state index contributed by atoms with van der Waals surface area (Å²) in [5, 5.41) is 7.27. The van der Waals surface area contributed by atoms with E-state index in [-0.39, 0.29) is 6.17 Å². The van der Waals surface area contributed by atoms with Crippen LogP contribution in [0, 0.1) is 5.82 Å². The number of nitrogens with zero attached hydrogens (tertiary/aromatic N) is 4. The van der Waals surface area contributed by atoms with Gasteiger partial charge in [0.05, 0.1) is 13.1 Å². The van der Waals surface area contributed by atoms with Crippen LogP contribution in [0.3, 0.4) is 0 Å². The summed E-state index contributed by atoms with van der Waals surface area (Å²) in [7, 11) is 0. The van der Waals surface area contributed by atoms with Crippen LogP contribution < -0.4 is 4.74 Å². The van der Waals surface area contributed by atoms with E-state index < -0.39 is 24.5 Å². The Bertz CT molecular complexity index is 865. The predicted molar refractivity (Wildman–Crippen MR) is 67.7 cm³/mol. The Morgan fingerprint density at radius 1 is 1.27 bits per heavy atom. The zero-order chi connectivity index (χ0) is 16.6. The molecule has 0 spiro atoms. The first kappa shape index (κ1) is 13.0. The molecular weight excluding hydrogens is 304 g/mol. The molecule has 22 heavy (non-hydrogen) atoms. The second-order valence-electron chi connectivity index (χ2n) is 4.36. The van der Waals surface area contributed by atoms with Crippen LogP contribution >= 0.6 is 0 Å². The Morgan fingerprint density at radius 3 is 2.82 bits per heavy atom. The molecule has 0 aliphatic rings. The molecule has 0 saturated heterocycles. The van der Waals surface area contributed by atoms with Gasteiger partial charge in [0.25, 0.3) is 5.88 Å². The van der Waals surface area contributed by atoms with Gasteiger partial charge >= 0.3 is 6.18 Å². The van der Waals surface area contributed by atoms with Gasteiger partial charge in [-0.15, -0.1) is 5.10 Å². The summed E-state index contributed by atoms with van der Waals surface area (Å²) in [4.78, 5) is 3.57. The van der Waals surface area contributed by atoms with Crippen molar-refractivity contribution in [3.8, 4) is 17.0 Å². The third-order valence-electron chi connectivity index (χ3n) is 2.75. The van der Waals surface area contributed by atoms with E-state index in [0.29, 0.717) is 16.6 Å². The van der Waals surface area contributed by atoms with Crippen LogP contribution in [0.15, 0.2) is 36.8 Å². The Labute approximate surface area is 122 Å². The highest BCUT2D eigenvalue weighted by Gasteiger charge is 2.29. The zero-order valence-corrected chi connectivity index (χ0v) is 10.8. The molecular formula is C13H8F4N4O. The van der Waals surface area contributed by atoms with Crippen molar-refractivity contribution in [3.05, 3.63) is 42.6 Å². The van der Waals surface area contributed by atoms with E-state index in [0.717, 1.165) is 6.07 Å². The van der Waals surface area contributed by atoms with Crippen molar-refractivity contribution >= 4 is 5.52 Å². The van der Waals surface area contributed by atoms with Gasteiger partial charge in [-0.2, -0.15) is 13.2 Å². The van der Waals surface area contributed by atoms with Gasteiger partial charge < -0.3 is 4.74 Å². The molecule has 0 bridgehead atoms. The van der Waals surface area contributed by atoms with E-state index in [4.69, 9.17) is 1.37 Å². The van der Waals surface area contributed by atoms with Crippen molar-refractivity contribution in [1.82, 2.24) is 19.8 Å². The van der Waals surface area contributed by atoms with E-state index in [1.165, 1.54) is 16.9 Å². The number of ether oxygens (including phenoxy) is 1. The van der Waals surface area contributed by atoms with E-state index >= 15 is 0 Å². The molecule has 3 aromatic heterocycles. The van der Waals surface area contributed by atoms with Gasteiger partial charge in [-0.3, -0.25) is 0 Å². The number of aromatic nitrogens is 4. The van der Waals surface area contributed by atoms with Gasteiger partial charge in [0.1, 0.15) is 0 Å². The third kappa shape index (κ3) is 2.97. The van der Waals surface area contributed by atoms with Gasteiger partial charge in [-0.05, 0) is 23.8 Å². The quantitative estimate of drug-likeness (QED) is 0.698. The lowest BCUT2D eigenvalue weighted by Gasteiger charge is -2.09. The number of hydrogen-bond donors (Lipinski definition) is 0. The summed E-state index contributed by atoms with van der Waals surface area (Å²) < 4.78 is 63.3. The molecule has 0 aliphatic heterocycles. The maximum absolute atomic E-state index is 13.8. The maximum atomic E-state index is 13.8. The first-order valence-corrected chi connectivity index (χ1v) is 6.00. The van der Waals surface area contributed by atoms with Crippen molar-refractivity contribution in [2.24, 2.45) is 0 Å². The molecule has 0 amide bonds. The van der Waals surface area contributed by atoms with Crippen LogP contribution in [-0.2, 0) is 0 Å². The van der Waals surface area contributed by atoms with E-state index in [1.807, 2.05) is 0 Å². The van der Waals surface area contributed by atoms with Crippen LogP contribution in [0.2, 0.25) is 0 Å². The summed E-state index contributed by atoms with van der Waals surface area (Å²) in [5.74, 6) is -1.73. The highest BCUT2D eigenvalue weighted by Crippen LogP contribution is 2.25. The average molecular weight is 313 g/mol. The minimum absolute atomic E-state index is 0.0505. The minimum atomic E-state index is -4.57. The molecule has 3 heterocycles. The van der Waals surface area contributed by atoms with Crippen molar-refractivity contribution < 1.29 is 23.7 Å². The molecule has 0 fully saturated rings. The number of fused-ring (bicyclic) bond motifs is 1. The molecule has 0 atom stereocenters. The van der Waals surface area contributed by atoms with Crippen LogP contribution in [0.5, 0.6) is 5.88 Å². The van der Waals surface area contributed by atoms with E-state index in [2.05, 4.69) is 20.0 Å². The Balaban J connectivity index is 1.90. The van der Waals surface area contributed by atoms with Crippen LogP contribution in [0.25, 0.3) is 16.6 Å². The van der Waals surface area contributed by atoms with Gasteiger partial charge in [-0.25, -0.2) is 13.9 Å². The number of alkyl halides is 3. The molecule has 0 radical (unpaired) electrons. The normalized spacial score (nSPS) is 12.5. The Hall–Kier alpha value is -2.71. The molecule has 0 aliphatic carbocycles. The highest BCUT2D eigenvalue weighted by molar-refractivity contribution is 5.67. The topological polar surface area (TPSA) is 52.3 Å². The largest absolute Gasteiger partial charge is 0.466 e. The second kappa shape index (κ2) is 5.24. The Morgan fingerprint density at radius 2 is 2.09 bits per heavy atom. The highest BCUT2D eigenvalue weighted by atomic mass is 19.4. The second-order valence-corrected chi connectivity index (χ2v) is 4.36. The molecule has 0 saturated carbocycles. The molecule has 5 nitrogen and oxygen atoms in total. The molecule has 0 unspecified atom stereocenters. The lowest BCUT2D eigenvalue weighted by atomic mass is 10.1. The Kier molecular flexibility index (Phi) is 3.10. The van der Waals surface area contributed by atoms with E-state index in [1.54, 1.807) is 12.1 Å². The van der Waals surface area contributed by atoms with Crippen molar-refractivity contribution in [2.75, 3.05) is 6.61 Å². The SMILES string of the molecule is [2H]c1nnn2ccc(-c3cnc(OCC(F)(F)F)c(F)c3)cc12. The van der Waals surface area contributed by atoms with Crippen molar-refractivity contribution in [2.45, 2.75) is 6.18 Å². The van der Waals surface area contributed by atoms with Gasteiger partial charge in [0.2, 0.25) is 0 Å². The van der Waals surface area contributed by atoms with Crippen LogP contribution in [0.4, 0.5) is 17.6 Å². The standard InChI is InChI=1S/C13H8F4N4O/c14-11-4-9(5-18-12(11)22-7-13(15,16)17)8-1-2-21-10(3-8)6-19-20-21/h1-6H,7H2/i6D. The number of rotatable bonds is 3. The van der Waals surface area contributed by atoms with Crippen LogP contribution in [-0.4, -0.2) is 32.6 Å². The molecule has 9 heteroatoms. The van der Waals surface area contributed by atoms with Gasteiger partial charge in [0.15, 0.2) is 12.4 Å². The molecule has 3 rings (SSSR count). The fourth-order valence-corrected chi connectivity index (χ4v) is 1.80. The summed E-state index contributed by atoms with van der Waals surface area (Å²) in [6.07, 6.45) is -1.90. The zero-order valence-electron chi connectivity index (χ0n) is 11.8. The predicted octanol–water partition coefficient (Wildman–Crippen LogP) is 2.87. The van der Waals surface area contributed by atoms with Crippen LogP contribution in [0.1, 0.15) is 1.37 Å². The van der Waals surface area contributed by atoms with Gasteiger partial charge in [0, 0.05) is 18.0 Å². The third-order valence-corrected chi connectivity index (χ3v) is 2.75. The molecule has 0 N–H and O–H groups in total. The molecule has 114 valence electrons. The molecule has 0 aromatic carbocycles. The maximum Gasteiger partial charge on any atom is 0.422 e. The van der Waals surface area contributed by atoms with E-state index in [9.17, 15) is 17.6 Å². The van der Waals surface area contributed by atoms with Crippen molar-refractivity contribution in [1.29, 1.82) is 0 Å². The smallest absolute Gasteiger partial charge is 0.422 e. The lowest BCUT2D eigenvalue weighted by Crippen LogP contribution is -2.20. The number of halogens is 4. The number of hydrogen-bond acceptors (Lipinski definition) is 4. The first-order valence-electron chi connectivity index (χ1n) is 6.50. The summed E-state index contributed by atoms with van der Waals surface area (Å²) in [6, 6.07) is 4.15. The van der Waals surface area contributed by atoms with Crippen molar-refractivity contribution in [3.63, 3.8) is 0 Å². The average Bonchev–Trinajstić information content (AvgIpc) is 2.86. The molecule has 3 aromatic rings. The first-order chi connectivity index (χ1) is 10.8. The summed E-state index contributed by atoms with van der Waals surface area (Å²) in [5.41, 5.74) is 1.24. The monoisotopic (exact) mass is 313 g/mol. The summed E-state index contributed by atoms with van der Waals surface area (Å²) >= 11 is 0. The fraction of sp³-hybridized carbons (Fsp3) is 0.154. The summed E-state index contributed by atoms with van der Waals surface area (Å²) in [6.45, 7) is -1.62. The fourth-order valence-electron chi connectivity index (χ4n) is 1.80. The lowest BCUT2D eigenvalue weighted by molar-refractivity contribution is -0.154.